The summed E-state index contributed by atoms with van der Waals surface area (Å²) in [7, 11) is 0. The van der Waals surface area contributed by atoms with Crippen LogP contribution >= 0.6 is 0 Å². The molecule has 0 radical (unpaired) electrons. The van der Waals surface area contributed by atoms with Crippen LogP contribution in [0.25, 0.3) is 0 Å². The average molecular weight is 305 g/mol. The zero-order valence-corrected chi connectivity index (χ0v) is 12.6. The predicted octanol–water partition coefficient (Wildman–Crippen LogP) is 0.542. The maximum Gasteiger partial charge on any atom is 0.305 e. The van der Waals surface area contributed by atoms with Crippen LogP contribution in [-0.4, -0.2) is 69.1 Å². The second-order valence-corrected chi connectivity index (χ2v) is 5.23. The van der Waals surface area contributed by atoms with Crippen molar-refractivity contribution < 1.29 is 30.0 Å². The van der Waals surface area contributed by atoms with Crippen molar-refractivity contribution in [3.63, 3.8) is 0 Å². The smallest absolute Gasteiger partial charge is 0.305 e. The first-order chi connectivity index (χ1) is 9.91. The Balaban J connectivity index is 5.25. The van der Waals surface area contributed by atoms with Gasteiger partial charge in [0.2, 0.25) is 0 Å². The van der Waals surface area contributed by atoms with Gasteiger partial charge in [-0.25, -0.2) is 0 Å². The molecule has 0 aliphatic carbocycles. The van der Waals surface area contributed by atoms with Crippen molar-refractivity contribution in [1.82, 2.24) is 4.90 Å². The zero-order chi connectivity index (χ0) is 16.3. The lowest BCUT2D eigenvalue weighted by molar-refractivity contribution is -0.141. The number of aliphatic hydroxyl groups excluding tert-OH is 2. The van der Waals surface area contributed by atoms with Gasteiger partial charge in [-0.1, -0.05) is 13.3 Å². The maximum absolute atomic E-state index is 11.2. The standard InChI is InChI=1S/C14H27NO6/c1-2-3-7-15(8-4-12(18)19)14(5-9-16,6-10-17)11-13(20)21/h16-17H,2-11H2,1H3,(H,18,19)(H,20,21). The van der Waals surface area contributed by atoms with E-state index in [-0.39, 0.29) is 45.4 Å². The number of unbranched alkanes of at least 4 members (excludes halogenated alkanes) is 1. The lowest BCUT2D eigenvalue weighted by atomic mass is 9.85. The minimum atomic E-state index is -1.02. The molecule has 0 aliphatic heterocycles. The van der Waals surface area contributed by atoms with Crippen molar-refractivity contribution in [3.8, 4) is 0 Å². The normalized spacial score (nSPS) is 11.8. The van der Waals surface area contributed by atoms with E-state index in [1.807, 2.05) is 11.8 Å². The number of nitrogens with zero attached hydrogens (tertiary/aromatic N) is 1. The lowest BCUT2D eigenvalue weighted by Gasteiger charge is -2.43. The van der Waals surface area contributed by atoms with E-state index < -0.39 is 17.5 Å². The first-order valence-corrected chi connectivity index (χ1v) is 7.32. The third-order valence-corrected chi connectivity index (χ3v) is 3.68. The van der Waals surface area contributed by atoms with Crippen molar-refractivity contribution in [1.29, 1.82) is 0 Å². The highest BCUT2D eigenvalue weighted by molar-refractivity contribution is 5.68. The molecule has 0 bridgehead atoms. The molecular weight excluding hydrogens is 278 g/mol. The third-order valence-electron chi connectivity index (χ3n) is 3.68. The molecule has 0 spiro atoms. The van der Waals surface area contributed by atoms with E-state index in [1.165, 1.54) is 0 Å². The fourth-order valence-corrected chi connectivity index (χ4v) is 2.59. The topological polar surface area (TPSA) is 118 Å². The molecule has 0 unspecified atom stereocenters. The summed E-state index contributed by atoms with van der Waals surface area (Å²) in [5.74, 6) is -1.97. The Bertz CT molecular complexity index is 315. The SMILES string of the molecule is CCCCN(CCC(=O)O)C(CCO)(CCO)CC(=O)O. The number of aliphatic carboxylic acids is 2. The van der Waals surface area contributed by atoms with E-state index in [1.54, 1.807) is 0 Å². The summed E-state index contributed by atoms with van der Waals surface area (Å²) in [5, 5.41) is 36.6. The van der Waals surface area contributed by atoms with Crippen molar-refractivity contribution in [2.45, 2.75) is 51.0 Å². The van der Waals surface area contributed by atoms with Crippen molar-refractivity contribution in [3.05, 3.63) is 0 Å². The van der Waals surface area contributed by atoms with Gasteiger partial charge >= 0.3 is 11.9 Å². The van der Waals surface area contributed by atoms with Gasteiger partial charge in [-0.05, 0) is 25.8 Å². The van der Waals surface area contributed by atoms with E-state index in [0.717, 1.165) is 12.8 Å². The quantitative estimate of drug-likeness (QED) is 0.392. The fraction of sp³-hybridized carbons (Fsp3) is 0.857. The van der Waals surface area contributed by atoms with Crippen LogP contribution in [0.4, 0.5) is 0 Å². The molecular formula is C14H27NO6. The first-order valence-electron chi connectivity index (χ1n) is 7.32. The molecule has 0 aromatic carbocycles. The molecule has 7 heteroatoms. The number of carboxylic acids is 2. The van der Waals surface area contributed by atoms with Crippen LogP contribution in [0.3, 0.4) is 0 Å². The molecule has 0 amide bonds. The molecule has 4 N–H and O–H groups in total. The molecule has 0 saturated carbocycles. The van der Waals surface area contributed by atoms with E-state index in [4.69, 9.17) is 10.2 Å². The largest absolute Gasteiger partial charge is 0.481 e. The van der Waals surface area contributed by atoms with Crippen LogP contribution in [0, 0.1) is 0 Å². The summed E-state index contributed by atoms with van der Waals surface area (Å²) >= 11 is 0. The van der Waals surface area contributed by atoms with Gasteiger partial charge in [0.25, 0.3) is 0 Å². The van der Waals surface area contributed by atoms with E-state index in [2.05, 4.69) is 0 Å². The van der Waals surface area contributed by atoms with Crippen LogP contribution in [0.1, 0.15) is 45.4 Å². The van der Waals surface area contributed by atoms with E-state index in [0.29, 0.717) is 6.54 Å². The molecule has 0 atom stereocenters. The Morgan fingerprint density at radius 1 is 1.00 bits per heavy atom. The summed E-state index contributed by atoms with van der Waals surface area (Å²) in [4.78, 5) is 23.8. The fourth-order valence-electron chi connectivity index (χ4n) is 2.59. The first kappa shape index (κ1) is 19.8. The van der Waals surface area contributed by atoms with Crippen LogP contribution in [0.5, 0.6) is 0 Å². The van der Waals surface area contributed by atoms with Crippen LogP contribution in [0.15, 0.2) is 0 Å². The molecule has 124 valence electrons. The zero-order valence-electron chi connectivity index (χ0n) is 12.6. The number of rotatable bonds is 13. The van der Waals surface area contributed by atoms with Crippen LogP contribution in [-0.2, 0) is 9.59 Å². The number of carboxylic acid groups (broad SMARTS) is 2. The second-order valence-electron chi connectivity index (χ2n) is 5.23. The molecule has 21 heavy (non-hydrogen) atoms. The monoisotopic (exact) mass is 305 g/mol. The average Bonchev–Trinajstić information content (AvgIpc) is 2.38. The Hall–Kier alpha value is -1.18. The number of hydrogen-bond acceptors (Lipinski definition) is 5. The number of aliphatic hydroxyl groups is 2. The maximum atomic E-state index is 11.2. The highest BCUT2D eigenvalue weighted by Gasteiger charge is 2.37. The van der Waals surface area contributed by atoms with Gasteiger partial charge in [0.1, 0.15) is 0 Å². The van der Waals surface area contributed by atoms with Gasteiger partial charge < -0.3 is 20.4 Å². The summed E-state index contributed by atoms with van der Waals surface area (Å²) in [6.45, 7) is 2.35. The Kier molecular flexibility index (Phi) is 9.94. The van der Waals surface area contributed by atoms with Gasteiger partial charge in [-0.15, -0.1) is 0 Å². The molecule has 0 rings (SSSR count). The minimum absolute atomic E-state index is 0.0953. The number of carbonyl (C=O) groups is 2. The number of hydrogen-bond donors (Lipinski definition) is 4. The summed E-state index contributed by atoms with van der Waals surface area (Å²) in [6, 6.07) is 0. The minimum Gasteiger partial charge on any atom is -0.481 e. The third kappa shape index (κ3) is 7.40. The molecule has 0 heterocycles. The van der Waals surface area contributed by atoms with Crippen LogP contribution < -0.4 is 0 Å². The molecule has 0 fully saturated rings. The summed E-state index contributed by atoms with van der Waals surface area (Å²) in [5.41, 5.74) is -0.903. The van der Waals surface area contributed by atoms with Gasteiger partial charge in [-0.3, -0.25) is 14.5 Å². The van der Waals surface area contributed by atoms with Crippen LogP contribution in [0.2, 0.25) is 0 Å². The van der Waals surface area contributed by atoms with Gasteiger partial charge in [0.15, 0.2) is 0 Å². The molecule has 0 aromatic heterocycles. The second kappa shape index (κ2) is 10.5. The molecule has 0 aromatic rings. The van der Waals surface area contributed by atoms with Crippen molar-refractivity contribution in [2.24, 2.45) is 0 Å². The van der Waals surface area contributed by atoms with Gasteiger partial charge in [0.05, 0.1) is 12.8 Å². The molecule has 0 saturated heterocycles. The van der Waals surface area contributed by atoms with E-state index >= 15 is 0 Å². The van der Waals surface area contributed by atoms with Gasteiger partial charge in [-0.2, -0.15) is 0 Å². The van der Waals surface area contributed by atoms with Crippen molar-refractivity contribution >= 4 is 11.9 Å². The Morgan fingerprint density at radius 2 is 1.57 bits per heavy atom. The van der Waals surface area contributed by atoms with Gasteiger partial charge in [0, 0.05) is 25.3 Å². The molecule has 7 nitrogen and oxygen atoms in total. The Morgan fingerprint density at radius 3 is 1.95 bits per heavy atom. The Labute approximate surface area is 125 Å². The molecule has 0 aliphatic rings. The van der Waals surface area contributed by atoms with E-state index in [9.17, 15) is 19.8 Å². The summed E-state index contributed by atoms with van der Waals surface area (Å²) < 4.78 is 0. The summed E-state index contributed by atoms with van der Waals surface area (Å²) in [6.07, 6.45) is 1.77. The lowest BCUT2D eigenvalue weighted by Crippen LogP contribution is -2.52. The highest BCUT2D eigenvalue weighted by atomic mass is 16.4. The van der Waals surface area contributed by atoms with Crippen molar-refractivity contribution in [2.75, 3.05) is 26.3 Å². The highest BCUT2D eigenvalue weighted by Crippen LogP contribution is 2.29. The predicted molar refractivity (Wildman–Crippen MR) is 77.1 cm³/mol.